The summed E-state index contributed by atoms with van der Waals surface area (Å²) < 4.78 is 27.2. The minimum Gasteiger partial charge on any atom is -0.348 e. The second-order valence-electron chi connectivity index (χ2n) is 5.31. The van der Waals surface area contributed by atoms with Crippen molar-refractivity contribution in [3.63, 3.8) is 0 Å². The number of amides is 1. The van der Waals surface area contributed by atoms with Crippen molar-refractivity contribution in [3.05, 3.63) is 64.7 Å². The van der Waals surface area contributed by atoms with Gasteiger partial charge >= 0.3 is 0 Å². The van der Waals surface area contributed by atoms with Gasteiger partial charge in [-0.2, -0.15) is 0 Å². The van der Waals surface area contributed by atoms with E-state index in [1.54, 1.807) is 6.07 Å². The van der Waals surface area contributed by atoms with Gasteiger partial charge < -0.3 is 5.32 Å². The van der Waals surface area contributed by atoms with Crippen molar-refractivity contribution in [2.24, 2.45) is 0 Å². The van der Waals surface area contributed by atoms with Gasteiger partial charge in [0, 0.05) is 18.7 Å². The van der Waals surface area contributed by atoms with Crippen molar-refractivity contribution < 1.29 is 13.2 Å². The minimum absolute atomic E-state index is 0.107. The molecule has 0 unspecified atom stereocenters. The zero-order chi connectivity index (χ0) is 15.7. The number of benzene rings is 2. The van der Waals surface area contributed by atoms with Crippen LogP contribution in [0.5, 0.6) is 0 Å². The van der Waals surface area contributed by atoms with Crippen LogP contribution in [0.4, 0.5) is 0 Å². The normalized spacial score (nSPS) is 13.8. The third-order valence-electron chi connectivity index (χ3n) is 3.66. The first-order valence-corrected chi connectivity index (χ1v) is 8.40. The molecule has 1 heterocycles. The topological polar surface area (TPSA) is 75.3 Å². The first-order valence-electron chi connectivity index (χ1n) is 6.92. The number of hydrogen-bond donors (Lipinski definition) is 2. The molecule has 5 nitrogen and oxygen atoms in total. The summed E-state index contributed by atoms with van der Waals surface area (Å²) in [6.45, 7) is 2.64. The van der Waals surface area contributed by atoms with E-state index in [9.17, 15) is 13.2 Å². The highest BCUT2D eigenvalue weighted by atomic mass is 32.2. The lowest BCUT2D eigenvalue weighted by Crippen LogP contribution is -2.23. The number of nitrogens with one attached hydrogen (secondary N) is 2. The smallest absolute Gasteiger partial charge is 0.251 e. The summed E-state index contributed by atoms with van der Waals surface area (Å²) in [5.41, 5.74) is 3.25. The van der Waals surface area contributed by atoms with Gasteiger partial charge in [-0.05, 0) is 30.2 Å². The molecule has 2 aromatic carbocycles. The third kappa shape index (κ3) is 2.88. The molecule has 0 fully saturated rings. The van der Waals surface area contributed by atoms with Gasteiger partial charge in [-0.3, -0.25) is 4.79 Å². The van der Waals surface area contributed by atoms with Crippen LogP contribution in [-0.2, 0) is 23.1 Å². The van der Waals surface area contributed by atoms with Crippen LogP contribution in [0.25, 0.3) is 0 Å². The van der Waals surface area contributed by atoms with Gasteiger partial charge in [0.1, 0.15) is 0 Å². The van der Waals surface area contributed by atoms with Crippen molar-refractivity contribution in [2.45, 2.75) is 24.9 Å². The van der Waals surface area contributed by atoms with E-state index in [0.717, 1.165) is 16.7 Å². The highest BCUT2D eigenvalue weighted by molar-refractivity contribution is 7.89. The van der Waals surface area contributed by atoms with Crippen LogP contribution in [-0.4, -0.2) is 14.3 Å². The second kappa shape index (κ2) is 5.55. The quantitative estimate of drug-likeness (QED) is 0.902. The molecule has 1 aliphatic rings. The number of fused-ring (bicyclic) bond motifs is 1. The molecule has 0 atom stereocenters. The lowest BCUT2D eigenvalue weighted by Gasteiger charge is -2.08. The van der Waals surface area contributed by atoms with Crippen molar-refractivity contribution in [2.75, 3.05) is 0 Å². The van der Waals surface area contributed by atoms with E-state index < -0.39 is 10.0 Å². The summed E-state index contributed by atoms with van der Waals surface area (Å²) in [4.78, 5) is 11.7. The van der Waals surface area contributed by atoms with Gasteiger partial charge in [0.15, 0.2) is 0 Å². The highest BCUT2D eigenvalue weighted by Gasteiger charge is 2.22. The first kappa shape index (κ1) is 14.7. The van der Waals surface area contributed by atoms with Gasteiger partial charge in [-0.15, -0.1) is 0 Å². The molecular weight excluding hydrogens is 300 g/mol. The maximum Gasteiger partial charge on any atom is 0.251 e. The zero-order valence-electron chi connectivity index (χ0n) is 12.1. The molecule has 22 heavy (non-hydrogen) atoms. The Bertz CT molecular complexity index is 827. The van der Waals surface area contributed by atoms with E-state index in [1.807, 2.05) is 31.2 Å². The van der Waals surface area contributed by atoms with Gasteiger partial charge in [0.2, 0.25) is 10.0 Å². The standard InChI is InChI=1S/C16H16N2O3S/c1-11-2-4-12(5-3-11)9-18-22(20,21)14-7-6-13-10-17-16(19)15(13)8-14/h2-8,18H,9-10H2,1H3,(H,17,19). The maximum absolute atomic E-state index is 12.3. The fraction of sp³-hybridized carbons (Fsp3) is 0.188. The Labute approximate surface area is 129 Å². The molecule has 114 valence electrons. The Hall–Kier alpha value is -2.18. The Balaban J connectivity index is 1.80. The molecule has 0 aromatic heterocycles. The minimum atomic E-state index is -3.64. The number of carbonyl (C=O) groups excluding carboxylic acids is 1. The molecular formula is C16H16N2O3S. The summed E-state index contributed by atoms with van der Waals surface area (Å²) >= 11 is 0. The Morgan fingerprint density at radius 2 is 1.86 bits per heavy atom. The number of aryl methyl sites for hydroxylation is 1. The number of sulfonamides is 1. The molecule has 0 aliphatic carbocycles. The lowest BCUT2D eigenvalue weighted by atomic mass is 10.1. The molecule has 6 heteroatoms. The molecule has 0 spiro atoms. The van der Waals surface area contributed by atoms with E-state index in [2.05, 4.69) is 10.0 Å². The number of rotatable bonds is 4. The van der Waals surface area contributed by atoms with Crippen LogP contribution in [0.3, 0.4) is 0 Å². The SMILES string of the molecule is Cc1ccc(CNS(=O)(=O)c2ccc3c(c2)C(=O)NC3)cc1. The first-order chi connectivity index (χ1) is 10.5. The molecule has 1 amide bonds. The molecule has 0 saturated heterocycles. The molecule has 0 bridgehead atoms. The summed E-state index contributed by atoms with van der Waals surface area (Å²) in [7, 11) is -3.64. The summed E-state index contributed by atoms with van der Waals surface area (Å²) in [5.74, 6) is -0.231. The van der Waals surface area contributed by atoms with Crippen LogP contribution >= 0.6 is 0 Å². The van der Waals surface area contributed by atoms with Gasteiger partial charge in [-0.1, -0.05) is 35.9 Å². The van der Waals surface area contributed by atoms with Gasteiger partial charge in [0.25, 0.3) is 5.91 Å². The molecule has 3 rings (SSSR count). The predicted molar refractivity (Wildman–Crippen MR) is 82.8 cm³/mol. The molecule has 2 N–H and O–H groups in total. The van der Waals surface area contributed by atoms with E-state index >= 15 is 0 Å². The van der Waals surface area contributed by atoms with Crippen molar-refractivity contribution in [3.8, 4) is 0 Å². The van der Waals surface area contributed by atoms with E-state index in [1.165, 1.54) is 12.1 Å². The van der Waals surface area contributed by atoms with Crippen molar-refractivity contribution >= 4 is 15.9 Å². The number of hydrogen-bond acceptors (Lipinski definition) is 3. The number of carbonyl (C=O) groups is 1. The van der Waals surface area contributed by atoms with Gasteiger partial charge in [-0.25, -0.2) is 13.1 Å². The molecule has 0 radical (unpaired) electrons. The highest BCUT2D eigenvalue weighted by Crippen LogP contribution is 2.20. The van der Waals surface area contributed by atoms with Gasteiger partial charge in [0.05, 0.1) is 4.90 Å². The largest absolute Gasteiger partial charge is 0.348 e. The Morgan fingerprint density at radius 1 is 1.14 bits per heavy atom. The summed E-state index contributed by atoms with van der Waals surface area (Å²) in [5, 5.41) is 2.67. The van der Waals surface area contributed by atoms with Crippen LogP contribution in [0, 0.1) is 6.92 Å². The third-order valence-corrected chi connectivity index (χ3v) is 5.06. The van der Waals surface area contributed by atoms with E-state index in [-0.39, 0.29) is 17.3 Å². The Morgan fingerprint density at radius 3 is 2.59 bits per heavy atom. The summed E-state index contributed by atoms with van der Waals surface area (Å²) in [6, 6.07) is 12.3. The van der Waals surface area contributed by atoms with Crippen molar-refractivity contribution in [1.82, 2.24) is 10.0 Å². The van der Waals surface area contributed by atoms with Crippen LogP contribution in [0.15, 0.2) is 47.4 Å². The lowest BCUT2D eigenvalue weighted by molar-refractivity contribution is 0.0965. The van der Waals surface area contributed by atoms with Crippen LogP contribution in [0.1, 0.15) is 27.0 Å². The molecule has 2 aromatic rings. The molecule has 0 saturated carbocycles. The van der Waals surface area contributed by atoms with Crippen LogP contribution < -0.4 is 10.0 Å². The van der Waals surface area contributed by atoms with E-state index in [4.69, 9.17) is 0 Å². The fourth-order valence-electron chi connectivity index (χ4n) is 2.33. The summed E-state index contributed by atoms with van der Waals surface area (Å²) in [6.07, 6.45) is 0. The van der Waals surface area contributed by atoms with E-state index in [0.29, 0.717) is 12.1 Å². The fourth-order valence-corrected chi connectivity index (χ4v) is 3.37. The maximum atomic E-state index is 12.3. The van der Waals surface area contributed by atoms with Crippen LogP contribution in [0.2, 0.25) is 0 Å². The predicted octanol–water partition coefficient (Wildman–Crippen LogP) is 1.72. The second-order valence-corrected chi connectivity index (χ2v) is 7.08. The monoisotopic (exact) mass is 316 g/mol. The average Bonchev–Trinajstić information content (AvgIpc) is 2.88. The average molecular weight is 316 g/mol. The molecule has 1 aliphatic heterocycles. The zero-order valence-corrected chi connectivity index (χ0v) is 12.9. The Kier molecular flexibility index (Phi) is 3.72. The van der Waals surface area contributed by atoms with Crippen molar-refractivity contribution in [1.29, 1.82) is 0 Å².